The average molecular weight is 337 g/mol. The van der Waals surface area contributed by atoms with Crippen LogP contribution in [-0.2, 0) is 13.1 Å². The molecule has 3 atom stereocenters. The molecule has 2 aliphatic rings. The molecule has 5 heteroatoms. The first kappa shape index (κ1) is 15.9. The fourth-order valence-electron chi connectivity index (χ4n) is 3.94. The number of carbonyl (C=O) groups is 1. The number of allylic oxidation sites excluding steroid dienone is 2. The van der Waals surface area contributed by atoms with E-state index < -0.39 is 0 Å². The number of nitrogens with zero attached hydrogens (tertiary/aromatic N) is 2. The van der Waals surface area contributed by atoms with E-state index in [1.54, 1.807) is 17.4 Å². The van der Waals surface area contributed by atoms with Crippen molar-refractivity contribution in [3.8, 4) is 0 Å². The summed E-state index contributed by atoms with van der Waals surface area (Å²) < 4.78 is 5.42. The Morgan fingerprint density at radius 3 is 2.84 bits per heavy atom. The third-order valence-corrected chi connectivity index (χ3v) is 5.22. The molecular weight excluding hydrogens is 314 g/mol. The van der Waals surface area contributed by atoms with Crippen molar-refractivity contribution in [2.24, 2.45) is 17.8 Å². The van der Waals surface area contributed by atoms with Gasteiger partial charge >= 0.3 is 6.03 Å². The first-order valence-electron chi connectivity index (χ1n) is 8.91. The first-order valence-corrected chi connectivity index (χ1v) is 8.91. The highest BCUT2D eigenvalue weighted by Gasteiger charge is 2.35. The van der Waals surface area contributed by atoms with Gasteiger partial charge < -0.3 is 14.6 Å². The van der Waals surface area contributed by atoms with E-state index in [0.29, 0.717) is 24.9 Å². The van der Waals surface area contributed by atoms with Gasteiger partial charge in [-0.2, -0.15) is 0 Å². The van der Waals surface area contributed by atoms with Crippen LogP contribution < -0.4 is 5.32 Å². The van der Waals surface area contributed by atoms with E-state index in [-0.39, 0.29) is 6.03 Å². The van der Waals surface area contributed by atoms with Gasteiger partial charge in [-0.3, -0.25) is 4.98 Å². The van der Waals surface area contributed by atoms with Gasteiger partial charge in [0.1, 0.15) is 5.76 Å². The Kier molecular flexibility index (Phi) is 4.55. The van der Waals surface area contributed by atoms with Gasteiger partial charge in [-0.1, -0.05) is 18.2 Å². The standard InChI is InChI=1S/C20H23N3O2/c24-20(22-12-17-11-15-6-7-16(17)10-15)23(14-19-5-3-9-25-19)13-18-4-1-2-8-21-18/h1-9,15-17H,10-14H2,(H,22,24)/t15-,16+,17+/m1/s1. The highest BCUT2D eigenvalue weighted by atomic mass is 16.3. The van der Waals surface area contributed by atoms with Crippen molar-refractivity contribution in [3.05, 3.63) is 66.4 Å². The highest BCUT2D eigenvalue weighted by molar-refractivity contribution is 5.74. The molecule has 1 saturated carbocycles. The third kappa shape index (κ3) is 3.76. The largest absolute Gasteiger partial charge is 0.467 e. The van der Waals surface area contributed by atoms with Crippen molar-refractivity contribution >= 4 is 6.03 Å². The molecule has 0 spiro atoms. The van der Waals surface area contributed by atoms with E-state index in [1.165, 1.54) is 12.8 Å². The molecular formula is C20H23N3O2. The van der Waals surface area contributed by atoms with E-state index >= 15 is 0 Å². The number of hydrogen-bond acceptors (Lipinski definition) is 3. The second-order valence-corrected chi connectivity index (χ2v) is 6.98. The average Bonchev–Trinajstić information content (AvgIpc) is 3.38. The van der Waals surface area contributed by atoms with Crippen molar-refractivity contribution in [2.75, 3.05) is 6.54 Å². The molecule has 2 aromatic heterocycles. The fourth-order valence-corrected chi connectivity index (χ4v) is 3.94. The zero-order chi connectivity index (χ0) is 17.1. The maximum absolute atomic E-state index is 12.8. The molecule has 2 bridgehead atoms. The van der Waals surface area contributed by atoms with Gasteiger partial charge in [0.15, 0.2) is 0 Å². The molecule has 2 amide bonds. The monoisotopic (exact) mass is 337 g/mol. The van der Waals surface area contributed by atoms with E-state index in [0.717, 1.165) is 23.9 Å². The zero-order valence-corrected chi connectivity index (χ0v) is 14.2. The van der Waals surface area contributed by atoms with Gasteiger partial charge in [-0.25, -0.2) is 4.79 Å². The van der Waals surface area contributed by atoms with Crippen LogP contribution in [0.2, 0.25) is 0 Å². The van der Waals surface area contributed by atoms with E-state index in [2.05, 4.69) is 22.5 Å². The van der Waals surface area contributed by atoms with Crippen LogP contribution in [0, 0.1) is 17.8 Å². The van der Waals surface area contributed by atoms with E-state index in [4.69, 9.17) is 4.42 Å². The molecule has 0 saturated heterocycles. The highest BCUT2D eigenvalue weighted by Crippen LogP contribution is 2.42. The summed E-state index contributed by atoms with van der Waals surface area (Å²) in [5.74, 6) is 2.70. The van der Waals surface area contributed by atoms with E-state index in [9.17, 15) is 4.79 Å². The number of amides is 2. The normalized spacial score (nSPS) is 23.8. The lowest BCUT2D eigenvalue weighted by molar-refractivity contribution is 0.184. The Morgan fingerprint density at radius 1 is 1.20 bits per heavy atom. The summed E-state index contributed by atoms with van der Waals surface area (Å²) in [5.41, 5.74) is 0.868. The number of pyridine rings is 1. The number of aromatic nitrogens is 1. The van der Waals surface area contributed by atoms with Crippen molar-refractivity contribution in [3.63, 3.8) is 0 Å². The van der Waals surface area contributed by atoms with Gasteiger partial charge in [0.25, 0.3) is 0 Å². The van der Waals surface area contributed by atoms with Crippen LogP contribution in [0.1, 0.15) is 24.3 Å². The van der Waals surface area contributed by atoms with Gasteiger partial charge in [0.05, 0.1) is 25.0 Å². The predicted molar refractivity (Wildman–Crippen MR) is 94.4 cm³/mol. The van der Waals surface area contributed by atoms with Crippen molar-refractivity contribution in [2.45, 2.75) is 25.9 Å². The summed E-state index contributed by atoms with van der Waals surface area (Å²) in [4.78, 5) is 18.9. The molecule has 25 heavy (non-hydrogen) atoms. The lowest BCUT2D eigenvalue weighted by atomic mass is 9.94. The predicted octanol–water partition coefficient (Wildman–Crippen LogP) is 3.60. The van der Waals surface area contributed by atoms with Crippen LogP contribution in [0.3, 0.4) is 0 Å². The SMILES string of the molecule is O=C(NC[C@@H]1C[C@@H]2C=C[C@H]1C2)N(Cc1ccccn1)Cc1ccco1. The van der Waals surface area contributed by atoms with Gasteiger partial charge in [0, 0.05) is 12.7 Å². The minimum atomic E-state index is -0.0613. The van der Waals surface area contributed by atoms with Crippen LogP contribution in [0.4, 0.5) is 4.79 Å². The van der Waals surface area contributed by atoms with Crippen LogP contribution in [0.25, 0.3) is 0 Å². The Balaban J connectivity index is 1.39. The third-order valence-electron chi connectivity index (χ3n) is 5.22. The fraction of sp³-hybridized carbons (Fsp3) is 0.400. The quantitative estimate of drug-likeness (QED) is 0.820. The molecule has 0 aromatic carbocycles. The number of furan rings is 1. The molecule has 0 radical (unpaired) electrons. The summed E-state index contributed by atoms with van der Waals surface area (Å²) in [6.07, 6.45) is 10.5. The summed E-state index contributed by atoms with van der Waals surface area (Å²) in [6.45, 7) is 1.64. The Morgan fingerprint density at radius 2 is 2.16 bits per heavy atom. The molecule has 2 aromatic rings. The maximum atomic E-state index is 12.8. The number of hydrogen-bond donors (Lipinski definition) is 1. The maximum Gasteiger partial charge on any atom is 0.318 e. The summed E-state index contributed by atoms with van der Waals surface area (Å²) in [7, 11) is 0. The lowest BCUT2D eigenvalue weighted by Gasteiger charge is -2.24. The molecule has 0 unspecified atom stereocenters. The lowest BCUT2D eigenvalue weighted by Crippen LogP contribution is -2.41. The molecule has 2 aliphatic carbocycles. The van der Waals surface area contributed by atoms with Gasteiger partial charge in [-0.05, 0) is 54.9 Å². The molecule has 2 heterocycles. The molecule has 5 nitrogen and oxygen atoms in total. The molecule has 130 valence electrons. The zero-order valence-electron chi connectivity index (χ0n) is 14.2. The Bertz CT molecular complexity index is 727. The smallest absolute Gasteiger partial charge is 0.318 e. The first-order chi connectivity index (χ1) is 12.3. The summed E-state index contributed by atoms with van der Waals surface area (Å²) in [5, 5.41) is 3.13. The number of nitrogens with one attached hydrogen (secondary N) is 1. The van der Waals surface area contributed by atoms with E-state index in [1.807, 2.05) is 30.3 Å². The topological polar surface area (TPSA) is 58.4 Å². The Hall–Kier alpha value is -2.56. The number of carbonyl (C=O) groups excluding carboxylic acids is 1. The van der Waals surface area contributed by atoms with Crippen LogP contribution in [0.15, 0.2) is 59.4 Å². The Labute approximate surface area is 147 Å². The minimum absolute atomic E-state index is 0.0613. The van der Waals surface area contributed by atoms with Crippen molar-refractivity contribution in [1.82, 2.24) is 15.2 Å². The summed E-state index contributed by atoms with van der Waals surface area (Å²) >= 11 is 0. The van der Waals surface area contributed by atoms with Crippen molar-refractivity contribution in [1.29, 1.82) is 0 Å². The molecule has 0 aliphatic heterocycles. The molecule has 4 rings (SSSR count). The van der Waals surface area contributed by atoms with Crippen LogP contribution in [0.5, 0.6) is 0 Å². The second-order valence-electron chi connectivity index (χ2n) is 6.98. The van der Waals surface area contributed by atoms with Gasteiger partial charge in [-0.15, -0.1) is 0 Å². The van der Waals surface area contributed by atoms with Crippen LogP contribution in [-0.4, -0.2) is 22.5 Å². The van der Waals surface area contributed by atoms with Gasteiger partial charge in [0.2, 0.25) is 0 Å². The number of urea groups is 1. The van der Waals surface area contributed by atoms with Crippen LogP contribution >= 0.6 is 0 Å². The van der Waals surface area contributed by atoms with Crippen molar-refractivity contribution < 1.29 is 9.21 Å². The number of rotatable bonds is 6. The molecule has 1 fully saturated rings. The number of fused-ring (bicyclic) bond motifs is 2. The minimum Gasteiger partial charge on any atom is -0.467 e. The molecule has 1 N–H and O–H groups in total. The summed E-state index contributed by atoms with van der Waals surface area (Å²) in [6, 6.07) is 9.42. The second kappa shape index (κ2) is 7.13.